The Morgan fingerprint density at radius 3 is 2.66 bits per heavy atom. The van der Waals surface area contributed by atoms with Crippen LogP contribution in [0.2, 0.25) is 0 Å². The van der Waals surface area contributed by atoms with E-state index < -0.39 is 11.9 Å². The lowest BCUT2D eigenvalue weighted by atomic mass is 9.83. The highest BCUT2D eigenvalue weighted by atomic mass is 19.1. The standard InChI is InChI=1S/C26H33FN4O4/c1-15(2)22-14-35-26(34)31(22)24-10-11-28-25(30-24)29-16(3)18-6-9-20(21(27)13-18)23(33)12-17-4-7-19(32)8-5-17/h6,9-11,13,15-17,19,22,32H,4-5,7-8,12,14H2,1-3H3,(H,28,29,30)/t16-,17?,19?,22+/m0/s1. The van der Waals surface area contributed by atoms with E-state index in [2.05, 4.69) is 15.3 Å². The largest absolute Gasteiger partial charge is 0.447 e. The fourth-order valence-electron chi connectivity index (χ4n) is 4.77. The van der Waals surface area contributed by atoms with E-state index in [1.54, 1.807) is 18.3 Å². The number of carbonyl (C=O) groups is 2. The number of ketones is 1. The number of cyclic esters (lactones) is 1. The Bertz CT molecular complexity index is 1070. The molecule has 1 aliphatic heterocycles. The summed E-state index contributed by atoms with van der Waals surface area (Å²) in [5.74, 6) is 0.380. The molecule has 1 saturated heterocycles. The normalized spacial score (nSPS) is 23.3. The zero-order valence-electron chi connectivity index (χ0n) is 20.4. The van der Waals surface area contributed by atoms with Gasteiger partial charge in [0.1, 0.15) is 18.2 Å². The molecule has 0 spiro atoms. The topological polar surface area (TPSA) is 105 Å². The van der Waals surface area contributed by atoms with Gasteiger partial charge in [-0.25, -0.2) is 14.2 Å². The van der Waals surface area contributed by atoms with Gasteiger partial charge in [0.05, 0.1) is 23.8 Å². The first kappa shape index (κ1) is 25.0. The number of aliphatic hydroxyl groups excluding tert-OH is 1. The third-order valence-corrected chi connectivity index (χ3v) is 6.99. The number of halogens is 1. The van der Waals surface area contributed by atoms with Gasteiger partial charge < -0.3 is 15.2 Å². The van der Waals surface area contributed by atoms with Crippen molar-refractivity contribution in [3.8, 4) is 0 Å². The van der Waals surface area contributed by atoms with Crippen LogP contribution in [0.1, 0.15) is 74.8 Å². The van der Waals surface area contributed by atoms with E-state index in [1.807, 2.05) is 20.8 Å². The van der Waals surface area contributed by atoms with E-state index in [1.165, 1.54) is 17.0 Å². The second kappa shape index (κ2) is 10.7. The zero-order valence-corrected chi connectivity index (χ0v) is 20.4. The average Bonchev–Trinajstić information content (AvgIpc) is 3.22. The minimum absolute atomic E-state index is 0.0950. The van der Waals surface area contributed by atoms with Crippen LogP contribution in [0.4, 0.5) is 21.0 Å². The molecule has 1 aromatic carbocycles. The molecule has 1 amide bonds. The quantitative estimate of drug-likeness (QED) is 0.514. The number of Topliss-reactive ketones (excluding diaryl/α,β-unsaturated/α-hetero) is 1. The highest BCUT2D eigenvalue weighted by Gasteiger charge is 2.37. The fourth-order valence-corrected chi connectivity index (χ4v) is 4.77. The van der Waals surface area contributed by atoms with Gasteiger partial charge in [0.25, 0.3) is 0 Å². The van der Waals surface area contributed by atoms with Gasteiger partial charge >= 0.3 is 6.09 Å². The predicted octanol–water partition coefficient (Wildman–Crippen LogP) is 4.89. The summed E-state index contributed by atoms with van der Waals surface area (Å²) >= 11 is 0. The number of amides is 1. The molecule has 0 radical (unpaired) electrons. The van der Waals surface area contributed by atoms with E-state index in [9.17, 15) is 19.1 Å². The molecular weight excluding hydrogens is 451 g/mol. The number of rotatable bonds is 8. The third kappa shape index (κ3) is 5.78. The number of aromatic nitrogens is 2. The third-order valence-electron chi connectivity index (χ3n) is 6.99. The second-order valence-electron chi connectivity index (χ2n) is 9.90. The van der Waals surface area contributed by atoms with E-state index >= 15 is 0 Å². The molecule has 9 heteroatoms. The van der Waals surface area contributed by atoms with Crippen molar-refractivity contribution < 1.29 is 23.8 Å². The van der Waals surface area contributed by atoms with Crippen LogP contribution in [0.3, 0.4) is 0 Å². The van der Waals surface area contributed by atoms with Crippen LogP contribution in [0.25, 0.3) is 0 Å². The average molecular weight is 485 g/mol. The maximum Gasteiger partial charge on any atom is 0.415 e. The molecule has 1 saturated carbocycles. The van der Waals surface area contributed by atoms with E-state index in [0.29, 0.717) is 43.2 Å². The smallest absolute Gasteiger partial charge is 0.415 e. The van der Waals surface area contributed by atoms with Crippen LogP contribution in [0, 0.1) is 17.7 Å². The molecule has 2 N–H and O–H groups in total. The molecule has 188 valence electrons. The highest BCUT2D eigenvalue weighted by Crippen LogP contribution is 2.30. The predicted molar refractivity (Wildman–Crippen MR) is 130 cm³/mol. The van der Waals surface area contributed by atoms with E-state index in [4.69, 9.17) is 4.74 Å². The number of ether oxygens (including phenoxy) is 1. The van der Waals surface area contributed by atoms with Gasteiger partial charge in [-0.2, -0.15) is 4.98 Å². The SMILES string of the molecule is CC(C)[C@H]1COC(=O)N1c1ccnc(N[C@@H](C)c2ccc(C(=O)CC3CCC(O)CC3)c(F)c2)n1. The van der Waals surface area contributed by atoms with Gasteiger partial charge in [-0.1, -0.05) is 19.9 Å². The summed E-state index contributed by atoms with van der Waals surface area (Å²) in [6.07, 6.45) is 4.12. The van der Waals surface area contributed by atoms with Crippen LogP contribution in [0.15, 0.2) is 30.5 Å². The van der Waals surface area contributed by atoms with Crippen molar-refractivity contribution in [3.63, 3.8) is 0 Å². The summed E-state index contributed by atoms with van der Waals surface area (Å²) in [4.78, 5) is 35.2. The maximum atomic E-state index is 14.9. The molecule has 2 aromatic rings. The van der Waals surface area contributed by atoms with Crippen molar-refractivity contribution in [3.05, 3.63) is 47.4 Å². The Hall–Kier alpha value is -3.07. The summed E-state index contributed by atoms with van der Waals surface area (Å²) in [5.41, 5.74) is 0.743. The number of carbonyl (C=O) groups excluding carboxylic acids is 2. The highest BCUT2D eigenvalue weighted by molar-refractivity contribution is 5.96. The van der Waals surface area contributed by atoms with E-state index in [0.717, 1.165) is 12.8 Å². The van der Waals surface area contributed by atoms with Crippen molar-refractivity contribution in [2.75, 3.05) is 16.8 Å². The molecule has 4 rings (SSSR count). The first-order chi connectivity index (χ1) is 16.7. The Kier molecular flexibility index (Phi) is 7.64. The lowest BCUT2D eigenvalue weighted by Crippen LogP contribution is -2.37. The molecule has 8 nitrogen and oxygen atoms in total. The number of hydrogen-bond donors (Lipinski definition) is 2. The molecule has 35 heavy (non-hydrogen) atoms. The molecule has 2 aliphatic rings. The number of nitrogens with zero attached hydrogens (tertiary/aromatic N) is 3. The monoisotopic (exact) mass is 484 g/mol. The first-order valence-electron chi connectivity index (χ1n) is 12.3. The van der Waals surface area contributed by atoms with Gasteiger partial charge in [0, 0.05) is 12.6 Å². The van der Waals surface area contributed by atoms with Crippen molar-refractivity contribution >= 4 is 23.6 Å². The lowest BCUT2D eigenvalue weighted by Gasteiger charge is -2.25. The van der Waals surface area contributed by atoms with Gasteiger partial charge in [-0.15, -0.1) is 0 Å². The number of benzene rings is 1. The van der Waals surface area contributed by atoms with Crippen molar-refractivity contribution in [1.29, 1.82) is 0 Å². The summed E-state index contributed by atoms with van der Waals surface area (Å²) in [6, 6.07) is 5.84. The van der Waals surface area contributed by atoms with Crippen LogP contribution in [0.5, 0.6) is 0 Å². The van der Waals surface area contributed by atoms with Gasteiger partial charge in [0.2, 0.25) is 5.95 Å². The summed E-state index contributed by atoms with van der Waals surface area (Å²) in [7, 11) is 0. The molecule has 2 heterocycles. The van der Waals surface area contributed by atoms with Gasteiger partial charge in [-0.05, 0) is 68.2 Å². The number of aliphatic hydroxyl groups is 1. The van der Waals surface area contributed by atoms with Crippen molar-refractivity contribution in [1.82, 2.24) is 9.97 Å². The minimum Gasteiger partial charge on any atom is -0.447 e. The van der Waals surface area contributed by atoms with Crippen LogP contribution in [-0.2, 0) is 4.74 Å². The fraction of sp³-hybridized carbons (Fsp3) is 0.538. The maximum absolute atomic E-state index is 14.9. The molecule has 2 atom stereocenters. The van der Waals surface area contributed by atoms with Crippen LogP contribution >= 0.6 is 0 Å². The molecule has 0 bridgehead atoms. The molecule has 0 unspecified atom stereocenters. The van der Waals surface area contributed by atoms with Crippen molar-refractivity contribution in [2.45, 2.75) is 71.1 Å². The number of hydrogen-bond acceptors (Lipinski definition) is 7. The molecular formula is C26H33FN4O4. The molecule has 1 aliphatic carbocycles. The Morgan fingerprint density at radius 1 is 1.23 bits per heavy atom. The van der Waals surface area contributed by atoms with Crippen LogP contribution < -0.4 is 10.2 Å². The second-order valence-corrected chi connectivity index (χ2v) is 9.90. The number of nitrogens with one attached hydrogen (secondary N) is 1. The van der Waals surface area contributed by atoms with Crippen LogP contribution in [-0.4, -0.2) is 45.7 Å². The van der Waals surface area contributed by atoms with E-state index in [-0.39, 0.29) is 41.4 Å². The lowest BCUT2D eigenvalue weighted by molar-refractivity contribution is 0.0856. The summed E-state index contributed by atoms with van der Waals surface area (Å²) in [6.45, 7) is 6.20. The Morgan fingerprint density at radius 2 is 1.97 bits per heavy atom. The van der Waals surface area contributed by atoms with Crippen molar-refractivity contribution in [2.24, 2.45) is 11.8 Å². The Labute approximate surface area is 204 Å². The number of anilines is 2. The Balaban J connectivity index is 1.42. The molecule has 2 fully saturated rings. The summed E-state index contributed by atoms with van der Waals surface area (Å²) < 4.78 is 20.1. The van der Waals surface area contributed by atoms with Gasteiger partial charge in [-0.3, -0.25) is 9.69 Å². The first-order valence-corrected chi connectivity index (χ1v) is 12.3. The van der Waals surface area contributed by atoms with Gasteiger partial charge in [0.15, 0.2) is 5.78 Å². The minimum atomic E-state index is -0.550. The summed E-state index contributed by atoms with van der Waals surface area (Å²) in [5, 5.41) is 12.8. The molecule has 1 aromatic heterocycles. The zero-order chi connectivity index (χ0) is 25.1.